The summed E-state index contributed by atoms with van der Waals surface area (Å²) in [4.78, 5) is 24.6. The summed E-state index contributed by atoms with van der Waals surface area (Å²) in [5.74, 6) is -0.606. The van der Waals surface area contributed by atoms with Crippen LogP contribution in [0, 0.1) is 12.7 Å². The summed E-state index contributed by atoms with van der Waals surface area (Å²) in [6, 6.07) is 15.5. The first-order valence-corrected chi connectivity index (χ1v) is 8.87. The molecule has 0 spiro atoms. The molecular formula is C21H20FN3O3. The van der Waals surface area contributed by atoms with E-state index < -0.39 is 17.5 Å². The van der Waals surface area contributed by atoms with Crippen LogP contribution in [0.5, 0.6) is 5.88 Å². The van der Waals surface area contributed by atoms with Crippen molar-refractivity contribution in [1.29, 1.82) is 0 Å². The number of hydrogen-bond donors (Lipinski definition) is 1. The predicted octanol–water partition coefficient (Wildman–Crippen LogP) is 3.48. The van der Waals surface area contributed by atoms with Gasteiger partial charge < -0.3 is 10.1 Å². The molecule has 1 atom stereocenters. The van der Waals surface area contributed by atoms with Crippen LogP contribution in [-0.2, 0) is 4.79 Å². The highest BCUT2D eigenvalue weighted by molar-refractivity contribution is 5.94. The van der Waals surface area contributed by atoms with Gasteiger partial charge in [0.05, 0.1) is 5.69 Å². The highest BCUT2D eigenvalue weighted by Gasteiger charge is 2.19. The number of benzene rings is 2. The molecule has 144 valence electrons. The maximum atomic E-state index is 13.1. The van der Waals surface area contributed by atoms with Gasteiger partial charge in [0.1, 0.15) is 5.82 Å². The molecule has 0 radical (unpaired) electrons. The smallest absolute Gasteiger partial charge is 0.271 e. The molecule has 0 fully saturated rings. The SMILES string of the molecule is CC[C@@H](Oc1ccc(=O)n(-c2ccc(F)cc2)n1)C(=O)Nc1ccc(C)cc1. The van der Waals surface area contributed by atoms with Crippen molar-refractivity contribution >= 4 is 11.6 Å². The third-order valence-corrected chi connectivity index (χ3v) is 4.09. The van der Waals surface area contributed by atoms with E-state index in [1.165, 1.54) is 36.4 Å². The van der Waals surface area contributed by atoms with Crippen molar-refractivity contribution in [2.45, 2.75) is 26.4 Å². The number of rotatable bonds is 6. The number of aryl methyl sites for hydroxylation is 1. The summed E-state index contributed by atoms with van der Waals surface area (Å²) < 4.78 is 19.9. The molecule has 2 aromatic carbocycles. The van der Waals surface area contributed by atoms with Gasteiger partial charge in [0.15, 0.2) is 6.10 Å². The molecule has 1 amide bonds. The third-order valence-electron chi connectivity index (χ3n) is 4.09. The van der Waals surface area contributed by atoms with Crippen molar-refractivity contribution in [3.05, 3.63) is 82.4 Å². The number of carbonyl (C=O) groups excluding carboxylic acids is 1. The van der Waals surface area contributed by atoms with Gasteiger partial charge in [-0.15, -0.1) is 5.10 Å². The van der Waals surface area contributed by atoms with E-state index in [4.69, 9.17) is 4.74 Å². The van der Waals surface area contributed by atoms with Crippen molar-refractivity contribution < 1.29 is 13.9 Å². The Kier molecular flexibility index (Phi) is 5.84. The first-order valence-electron chi connectivity index (χ1n) is 8.87. The van der Waals surface area contributed by atoms with E-state index in [0.29, 0.717) is 17.8 Å². The van der Waals surface area contributed by atoms with Gasteiger partial charge in [0.25, 0.3) is 11.5 Å². The molecule has 3 aromatic rings. The number of halogens is 1. The third kappa shape index (κ3) is 4.62. The number of anilines is 1. The second-order valence-corrected chi connectivity index (χ2v) is 6.27. The van der Waals surface area contributed by atoms with Crippen LogP contribution in [0.2, 0.25) is 0 Å². The zero-order valence-electron chi connectivity index (χ0n) is 15.6. The van der Waals surface area contributed by atoms with Crippen molar-refractivity contribution in [2.75, 3.05) is 5.32 Å². The second-order valence-electron chi connectivity index (χ2n) is 6.27. The Morgan fingerprint density at radius 2 is 1.79 bits per heavy atom. The summed E-state index contributed by atoms with van der Waals surface area (Å²) in [5.41, 5.74) is 1.76. The minimum absolute atomic E-state index is 0.120. The average Bonchev–Trinajstić information content (AvgIpc) is 2.69. The quantitative estimate of drug-likeness (QED) is 0.710. The van der Waals surface area contributed by atoms with Crippen LogP contribution < -0.4 is 15.6 Å². The molecule has 0 aliphatic rings. The fraction of sp³-hybridized carbons (Fsp3) is 0.190. The van der Waals surface area contributed by atoms with Gasteiger partial charge in [-0.3, -0.25) is 9.59 Å². The van der Waals surface area contributed by atoms with Gasteiger partial charge in [-0.1, -0.05) is 24.6 Å². The Bertz CT molecular complexity index is 1010. The molecule has 0 unspecified atom stereocenters. The summed E-state index contributed by atoms with van der Waals surface area (Å²) >= 11 is 0. The molecule has 0 bridgehead atoms. The Morgan fingerprint density at radius 3 is 2.43 bits per heavy atom. The lowest BCUT2D eigenvalue weighted by atomic mass is 10.2. The molecule has 28 heavy (non-hydrogen) atoms. The van der Waals surface area contributed by atoms with Crippen molar-refractivity contribution in [3.8, 4) is 11.6 Å². The molecule has 0 saturated heterocycles. The van der Waals surface area contributed by atoms with Gasteiger partial charge in [-0.2, -0.15) is 4.68 Å². The van der Waals surface area contributed by atoms with Gasteiger partial charge >= 0.3 is 0 Å². The average molecular weight is 381 g/mol. The number of hydrogen-bond acceptors (Lipinski definition) is 4. The molecule has 0 saturated carbocycles. The van der Waals surface area contributed by atoms with Crippen LogP contribution in [0.4, 0.5) is 10.1 Å². The molecule has 0 aliphatic carbocycles. The molecule has 0 aliphatic heterocycles. The zero-order valence-corrected chi connectivity index (χ0v) is 15.6. The maximum Gasteiger partial charge on any atom is 0.271 e. The number of ether oxygens (including phenoxy) is 1. The van der Waals surface area contributed by atoms with Gasteiger partial charge in [-0.25, -0.2) is 4.39 Å². The minimum Gasteiger partial charge on any atom is -0.463 e. The predicted molar refractivity (Wildman–Crippen MR) is 104 cm³/mol. The number of amides is 1. The van der Waals surface area contributed by atoms with E-state index in [1.807, 2.05) is 38.1 Å². The molecule has 1 aromatic heterocycles. The van der Waals surface area contributed by atoms with Gasteiger partial charge in [-0.05, 0) is 49.7 Å². The van der Waals surface area contributed by atoms with E-state index >= 15 is 0 Å². The molecule has 1 heterocycles. The largest absolute Gasteiger partial charge is 0.463 e. The van der Waals surface area contributed by atoms with Crippen LogP contribution in [0.3, 0.4) is 0 Å². The minimum atomic E-state index is -0.784. The van der Waals surface area contributed by atoms with Crippen LogP contribution >= 0.6 is 0 Å². The molecule has 6 nitrogen and oxygen atoms in total. The first-order chi connectivity index (χ1) is 13.5. The van der Waals surface area contributed by atoms with Crippen molar-refractivity contribution in [1.82, 2.24) is 9.78 Å². The standard InChI is InChI=1S/C21H20FN3O3/c1-3-18(21(27)23-16-8-4-14(2)5-9-16)28-19-12-13-20(26)25(24-19)17-10-6-15(22)7-11-17/h4-13,18H,3H2,1-2H3,(H,23,27)/t18-/m1/s1. The highest BCUT2D eigenvalue weighted by atomic mass is 19.1. The van der Waals surface area contributed by atoms with Crippen molar-refractivity contribution in [3.63, 3.8) is 0 Å². The Labute approximate surface area is 161 Å². The van der Waals surface area contributed by atoms with Gasteiger partial charge in [0, 0.05) is 17.8 Å². The summed E-state index contributed by atoms with van der Waals surface area (Å²) in [5, 5.41) is 6.94. The Morgan fingerprint density at radius 1 is 1.11 bits per heavy atom. The van der Waals surface area contributed by atoms with Crippen LogP contribution in [0.15, 0.2) is 65.5 Å². The van der Waals surface area contributed by atoms with E-state index in [1.54, 1.807) is 0 Å². The number of aromatic nitrogens is 2. The Balaban J connectivity index is 1.78. The van der Waals surface area contributed by atoms with Crippen molar-refractivity contribution in [2.24, 2.45) is 0 Å². The lowest BCUT2D eigenvalue weighted by molar-refractivity contribution is -0.123. The van der Waals surface area contributed by atoms with Crippen LogP contribution in [0.25, 0.3) is 5.69 Å². The normalized spacial score (nSPS) is 11.7. The second kappa shape index (κ2) is 8.47. The maximum absolute atomic E-state index is 13.1. The first kappa shape index (κ1) is 19.3. The Hall–Kier alpha value is -3.48. The summed E-state index contributed by atoms with van der Waals surface area (Å²) in [7, 11) is 0. The highest BCUT2D eigenvalue weighted by Crippen LogP contribution is 2.14. The molecule has 1 N–H and O–H groups in total. The van der Waals surface area contributed by atoms with E-state index in [2.05, 4.69) is 10.4 Å². The summed E-state index contributed by atoms with van der Waals surface area (Å²) in [6.07, 6.45) is -0.373. The molecule has 3 rings (SSSR count). The topological polar surface area (TPSA) is 73.2 Å². The zero-order chi connectivity index (χ0) is 20.1. The number of carbonyl (C=O) groups is 1. The summed E-state index contributed by atoms with van der Waals surface area (Å²) in [6.45, 7) is 3.78. The fourth-order valence-corrected chi connectivity index (χ4v) is 2.55. The van der Waals surface area contributed by atoms with E-state index in [0.717, 1.165) is 10.2 Å². The van der Waals surface area contributed by atoms with Crippen LogP contribution in [0.1, 0.15) is 18.9 Å². The number of nitrogens with zero attached hydrogens (tertiary/aromatic N) is 2. The number of nitrogens with one attached hydrogen (secondary N) is 1. The van der Waals surface area contributed by atoms with E-state index in [-0.39, 0.29) is 11.8 Å². The lowest BCUT2D eigenvalue weighted by Crippen LogP contribution is -2.33. The fourth-order valence-electron chi connectivity index (χ4n) is 2.55. The molecule has 7 heteroatoms. The monoisotopic (exact) mass is 381 g/mol. The van der Waals surface area contributed by atoms with Gasteiger partial charge in [0.2, 0.25) is 5.88 Å². The van der Waals surface area contributed by atoms with Crippen LogP contribution in [-0.4, -0.2) is 21.8 Å². The lowest BCUT2D eigenvalue weighted by Gasteiger charge is -2.17. The molecular weight excluding hydrogens is 361 g/mol. The van der Waals surface area contributed by atoms with E-state index in [9.17, 15) is 14.0 Å².